The quantitative estimate of drug-likeness (QED) is 0.0408. The van der Waals surface area contributed by atoms with E-state index in [0.717, 1.165) is 5.56 Å². The van der Waals surface area contributed by atoms with Gasteiger partial charge in [0.1, 0.15) is 17.7 Å². The standard InChI is InChI=1S/C25H28N6O10P2S2/c26-16-8-6-14(7-9-16)10-11-45-25-29-21(27)18-22(30-25)31(13-28-18)23-20(40-24(33)15-4-2-1-3-5-15)19(32)17(39-23)12-38-42(34,35)41-43(36,37)44/h1-9,13,17,19-20,23,32H,10-12,26H2,(H,34,35)(H2,27,29,30)(H2,36,37,44)/t17-,19-,20-,23-/m1/s1. The minimum atomic E-state index is -5.07. The lowest BCUT2D eigenvalue weighted by Gasteiger charge is -2.22. The number of nitrogens with two attached hydrogens (primary N) is 2. The number of esters is 1. The van der Waals surface area contributed by atoms with Gasteiger partial charge in [-0.25, -0.2) is 28.6 Å². The number of carbonyl (C=O) groups excluding carboxylic acids is 1. The molecule has 16 nitrogen and oxygen atoms in total. The van der Waals surface area contributed by atoms with Crippen LogP contribution < -0.4 is 11.5 Å². The number of ether oxygens (including phenoxy) is 2. The van der Waals surface area contributed by atoms with Gasteiger partial charge in [-0.1, -0.05) is 42.1 Å². The molecular weight excluding hydrogens is 670 g/mol. The molecule has 0 aliphatic carbocycles. The van der Waals surface area contributed by atoms with Crippen molar-refractivity contribution in [3.63, 3.8) is 0 Å². The first kappa shape index (κ1) is 33.4. The highest BCUT2D eigenvalue weighted by Crippen LogP contribution is 2.58. The first-order valence-electron chi connectivity index (χ1n) is 13.1. The second kappa shape index (κ2) is 13.8. The van der Waals surface area contributed by atoms with E-state index in [2.05, 4.69) is 31.1 Å². The van der Waals surface area contributed by atoms with Crippen LogP contribution in [-0.2, 0) is 41.1 Å². The van der Waals surface area contributed by atoms with Gasteiger partial charge in [-0.3, -0.25) is 9.09 Å². The van der Waals surface area contributed by atoms with E-state index in [1.807, 2.05) is 24.3 Å². The minimum Gasteiger partial charge on any atom is -0.451 e. The zero-order valence-corrected chi connectivity index (χ0v) is 26.5. The number of phosphoric acid groups is 1. The maximum absolute atomic E-state index is 13.0. The van der Waals surface area contributed by atoms with Crippen LogP contribution >= 0.6 is 26.3 Å². The van der Waals surface area contributed by atoms with Gasteiger partial charge in [0.05, 0.1) is 18.5 Å². The summed E-state index contributed by atoms with van der Waals surface area (Å²) in [4.78, 5) is 54.5. The number of aliphatic hydroxyl groups excluding tert-OH is 1. The highest BCUT2D eigenvalue weighted by molar-refractivity contribution is 8.08. The van der Waals surface area contributed by atoms with Crippen LogP contribution in [0.25, 0.3) is 11.2 Å². The van der Waals surface area contributed by atoms with Crippen LogP contribution in [0.15, 0.2) is 66.1 Å². The number of nitrogen functional groups attached to an aromatic ring is 2. The molecule has 8 N–H and O–H groups in total. The molecule has 20 heteroatoms. The number of thioether (sulfide) groups is 1. The molecule has 3 heterocycles. The maximum atomic E-state index is 13.0. The first-order chi connectivity index (χ1) is 21.3. The molecular formula is C25H28N6O10P2S2. The molecule has 1 aliphatic rings. The maximum Gasteiger partial charge on any atom is 0.479 e. The molecule has 5 rings (SSSR count). The highest BCUT2D eigenvalue weighted by Gasteiger charge is 2.49. The Morgan fingerprint density at radius 2 is 1.80 bits per heavy atom. The zero-order valence-electron chi connectivity index (χ0n) is 23.1. The number of aromatic nitrogens is 4. The molecule has 2 aromatic heterocycles. The average molecular weight is 699 g/mol. The first-order valence-corrected chi connectivity index (χ1v) is 18.2. The predicted molar refractivity (Wildman–Crippen MR) is 166 cm³/mol. The van der Waals surface area contributed by atoms with E-state index < -0.39 is 51.7 Å². The third-order valence-corrected chi connectivity index (χ3v) is 10.1. The Morgan fingerprint density at radius 3 is 2.49 bits per heavy atom. The van der Waals surface area contributed by atoms with Gasteiger partial charge < -0.3 is 40.7 Å². The van der Waals surface area contributed by atoms with E-state index in [-0.39, 0.29) is 22.5 Å². The lowest BCUT2D eigenvalue weighted by atomic mass is 10.1. The number of hydrogen-bond acceptors (Lipinski definition) is 14. The number of anilines is 2. The summed E-state index contributed by atoms with van der Waals surface area (Å²) in [5, 5.41) is 11.5. The van der Waals surface area contributed by atoms with E-state index in [1.54, 1.807) is 18.2 Å². The number of nitrogens with zero attached hydrogens (tertiary/aromatic N) is 4. The number of aryl methyl sites for hydroxylation is 1. The third kappa shape index (κ3) is 8.44. The molecule has 2 aromatic carbocycles. The van der Waals surface area contributed by atoms with E-state index in [1.165, 1.54) is 34.8 Å². The van der Waals surface area contributed by atoms with Crippen molar-refractivity contribution in [2.75, 3.05) is 23.8 Å². The smallest absolute Gasteiger partial charge is 0.451 e. The van der Waals surface area contributed by atoms with Gasteiger partial charge in [-0.05, 0) is 48.1 Å². The summed E-state index contributed by atoms with van der Waals surface area (Å²) in [6, 6.07) is 15.5. The molecule has 1 aliphatic heterocycles. The van der Waals surface area contributed by atoms with E-state index in [9.17, 15) is 29.1 Å². The fourth-order valence-corrected chi connectivity index (χ4v) is 7.60. The summed E-state index contributed by atoms with van der Waals surface area (Å²) < 4.78 is 34.1. The fourth-order valence-electron chi connectivity index (χ4n) is 4.41. The monoisotopic (exact) mass is 698 g/mol. The van der Waals surface area contributed by atoms with Gasteiger partial charge in [0.15, 0.2) is 29.0 Å². The molecule has 0 radical (unpaired) electrons. The molecule has 0 saturated carbocycles. The second-order valence-electron chi connectivity index (χ2n) is 9.68. The molecule has 45 heavy (non-hydrogen) atoms. The van der Waals surface area contributed by atoms with E-state index >= 15 is 0 Å². The second-order valence-corrected chi connectivity index (χ2v) is 15.0. The Bertz CT molecular complexity index is 1760. The van der Waals surface area contributed by atoms with Crippen LogP contribution in [0, 0.1) is 0 Å². The number of benzene rings is 2. The molecule has 1 fully saturated rings. The Balaban J connectivity index is 1.40. The van der Waals surface area contributed by atoms with Crippen molar-refractivity contribution in [2.45, 2.75) is 36.1 Å². The summed E-state index contributed by atoms with van der Waals surface area (Å²) in [5.41, 5.74) is 14.3. The third-order valence-electron chi connectivity index (χ3n) is 6.48. The average Bonchev–Trinajstić information content (AvgIpc) is 3.53. The van der Waals surface area contributed by atoms with Crippen molar-refractivity contribution in [1.82, 2.24) is 19.5 Å². The summed E-state index contributed by atoms with van der Waals surface area (Å²) >= 11 is 5.56. The van der Waals surface area contributed by atoms with Gasteiger partial charge in [-0.15, -0.1) is 0 Å². The number of carbonyl (C=O) groups is 1. The number of hydrogen-bond donors (Lipinski definition) is 6. The van der Waals surface area contributed by atoms with Crippen LogP contribution in [0.4, 0.5) is 11.5 Å². The summed E-state index contributed by atoms with van der Waals surface area (Å²) in [7, 11) is -5.07. The number of phosphoric ester groups is 1. The largest absolute Gasteiger partial charge is 0.479 e. The van der Waals surface area contributed by atoms with Crippen molar-refractivity contribution in [2.24, 2.45) is 0 Å². The van der Waals surface area contributed by atoms with E-state index in [0.29, 0.717) is 23.0 Å². The molecule has 5 atom stereocenters. The summed E-state index contributed by atoms with van der Waals surface area (Å²) in [6.45, 7) is -5.36. The van der Waals surface area contributed by atoms with Gasteiger partial charge in [0, 0.05) is 11.4 Å². The normalized spacial score (nSPS) is 21.5. The lowest BCUT2D eigenvalue weighted by Crippen LogP contribution is -2.37. The van der Waals surface area contributed by atoms with Crippen LogP contribution in [0.1, 0.15) is 22.1 Å². The Kier molecular flexibility index (Phi) is 10.2. The number of imidazole rings is 1. The van der Waals surface area contributed by atoms with E-state index in [4.69, 9.17) is 25.5 Å². The SMILES string of the molecule is Nc1ccc(CCSc2nc(N)c3ncn([C@@H]4O[C@H](COP(=O)(O)OP(O)(O)=S)[C@@H](O)[C@H]4OC(=O)c4ccccc4)c3n2)cc1. The molecule has 1 unspecified atom stereocenters. The number of rotatable bonds is 12. The van der Waals surface area contributed by atoms with Gasteiger partial charge in [0.25, 0.3) is 0 Å². The van der Waals surface area contributed by atoms with Crippen molar-refractivity contribution < 1.29 is 47.5 Å². The van der Waals surface area contributed by atoms with Crippen LogP contribution in [0.5, 0.6) is 0 Å². The van der Waals surface area contributed by atoms with Crippen molar-refractivity contribution in [1.29, 1.82) is 0 Å². The summed E-state index contributed by atoms with van der Waals surface area (Å²) in [5.74, 6) is -0.103. The minimum absolute atomic E-state index is 0.0760. The number of aliphatic hydroxyl groups is 1. The van der Waals surface area contributed by atoms with Crippen LogP contribution in [0.2, 0.25) is 0 Å². The Hall–Kier alpha value is -2.99. The van der Waals surface area contributed by atoms with Crippen molar-refractivity contribution in [3.05, 3.63) is 72.1 Å². The highest BCUT2D eigenvalue weighted by atomic mass is 32.5. The fraction of sp³-hybridized carbons (Fsp3) is 0.280. The Labute approximate surface area is 265 Å². The van der Waals surface area contributed by atoms with Gasteiger partial charge in [-0.2, -0.15) is 0 Å². The molecule has 4 aromatic rings. The van der Waals surface area contributed by atoms with Crippen molar-refractivity contribution >= 4 is 66.7 Å². The molecule has 0 amide bonds. The van der Waals surface area contributed by atoms with Crippen LogP contribution in [0.3, 0.4) is 0 Å². The molecule has 1 saturated heterocycles. The van der Waals surface area contributed by atoms with Crippen LogP contribution in [-0.4, -0.2) is 75.9 Å². The summed E-state index contributed by atoms with van der Waals surface area (Å²) in [6.07, 6.45) is -3.65. The number of fused-ring (bicyclic) bond motifs is 1. The molecule has 0 spiro atoms. The van der Waals surface area contributed by atoms with Gasteiger partial charge >= 0.3 is 20.5 Å². The Morgan fingerprint density at radius 1 is 1.09 bits per heavy atom. The van der Waals surface area contributed by atoms with Gasteiger partial charge in [0.2, 0.25) is 0 Å². The predicted octanol–water partition coefficient (Wildman–Crippen LogP) is 2.15. The lowest BCUT2D eigenvalue weighted by molar-refractivity contribution is -0.0557. The molecule has 0 bridgehead atoms. The van der Waals surface area contributed by atoms with Crippen molar-refractivity contribution in [3.8, 4) is 0 Å². The zero-order chi connectivity index (χ0) is 32.4. The topological polar surface area (TPSA) is 248 Å². The molecule has 240 valence electrons.